The summed E-state index contributed by atoms with van der Waals surface area (Å²) in [6.45, 7) is 13.0. The minimum Gasteiger partial charge on any atom is -0.414 e. The maximum Gasteiger partial charge on any atom is 0.192 e. The Labute approximate surface area is 136 Å². The molecule has 0 heterocycles. The average Bonchev–Trinajstić information content (AvgIpc) is 2.60. The average molecular weight is 331 g/mol. The van der Waals surface area contributed by atoms with E-state index in [1.54, 1.807) is 0 Å². The Balaban J connectivity index is 2.28. The molecule has 0 amide bonds. The molecule has 2 saturated carbocycles. The second-order valence-corrected chi connectivity index (χ2v) is 13.9. The number of rotatable bonds is 3. The van der Waals surface area contributed by atoms with Crippen molar-refractivity contribution in [3.05, 3.63) is 0 Å². The molecule has 0 unspecified atom stereocenters. The Morgan fingerprint density at radius 3 is 2.32 bits per heavy atom. The summed E-state index contributed by atoms with van der Waals surface area (Å²) < 4.78 is 6.61. The van der Waals surface area contributed by atoms with Gasteiger partial charge >= 0.3 is 0 Å². The molecule has 22 heavy (non-hydrogen) atoms. The summed E-state index contributed by atoms with van der Waals surface area (Å²) in [4.78, 5) is 0. The maximum atomic E-state index is 10.8. The summed E-state index contributed by atoms with van der Waals surface area (Å²) >= 11 is 0. The summed E-state index contributed by atoms with van der Waals surface area (Å²) in [7, 11) is -1.95. The Morgan fingerprint density at radius 2 is 1.82 bits per heavy atom. The van der Waals surface area contributed by atoms with E-state index in [1.165, 1.54) is 0 Å². The van der Waals surface area contributed by atoms with E-state index in [0.29, 0.717) is 12.8 Å². The highest BCUT2D eigenvalue weighted by Gasteiger charge is 2.58. The molecule has 2 fully saturated rings. The Morgan fingerprint density at radius 1 is 1.23 bits per heavy atom. The van der Waals surface area contributed by atoms with Crippen LogP contribution in [0, 0.1) is 17.8 Å². The molecule has 0 saturated heterocycles. The number of hydrogen-bond acceptors (Lipinski definition) is 4. The molecule has 2 aliphatic carbocycles. The molecule has 5 heteroatoms. The van der Waals surface area contributed by atoms with E-state index in [1.807, 2.05) is 6.92 Å². The first-order valence-corrected chi connectivity index (χ1v) is 11.5. The predicted octanol–water partition coefficient (Wildman–Crippen LogP) is 2.53. The molecule has 0 aromatic carbocycles. The SMILES string of the molecule is CC(C)(C)[Si](C)(C)O[C@@H]1C[C@](C)(O)[C@H]2[C@@H]1[C@@H](CO)CC[C@@H]2O. The highest BCUT2D eigenvalue weighted by Crippen LogP contribution is 2.53. The molecule has 6 atom stereocenters. The van der Waals surface area contributed by atoms with Gasteiger partial charge in [-0.25, -0.2) is 0 Å². The van der Waals surface area contributed by atoms with Crippen molar-refractivity contribution in [1.82, 2.24) is 0 Å². The summed E-state index contributed by atoms with van der Waals surface area (Å²) in [5.74, 6) is -0.0109. The van der Waals surface area contributed by atoms with Gasteiger partial charge in [0, 0.05) is 18.9 Å². The second kappa shape index (κ2) is 5.85. The minimum atomic E-state index is -1.95. The van der Waals surface area contributed by atoms with E-state index in [2.05, 4.69) is 33.9 Å². The lowest BCUT2D eigenvalue weighted by atomic mass is 9.69. The summed E-state index contributed by atoms with van der Waals surface area (Å²) in [6.07, 6.45) is 1.48. The van der Waals surface area contributed by atoms with Crippen LogP contribution in [-0.2, 0) is 4.43 Å². The normalized spacial score (nSPS) is 43.2. The van der Waals surface area contributed by atoms with Crippen LogP contribution in [0.4, 0.5) is 0 Å². The van der Waals surface area contributed by atoms with Gasteiger partial charge in [0.2, 0.25) is 0 Å². The fraction of sp³-hybridized carbons (Fsp3) is 1.00. The van der Waals surface area contributed by atoms with Crippen molar-refractivity contribution < 1.29 is 19.7 Å². The van der Waals surface area contributed by atoms with Crippen LogP contribution in [0.15, 0.2) is 0 Å². The second-order valence-electron chi connectivity index (χ2n) is 9.17. The van der Waals surface area contributed by atoms with Crippen molar-refractivity contribution in [2.45, 2.75) is 82.9 Å². The predicted molar refractivity (Wildman–Crippen MR) is 90.1 cm³/mol. The van der Waals surface area contributed by atoms with E-state index in [4.69, 9.17) is 4.43 Å². The zero-order chi connectivity index (χ0) is 16.9. The van der Waals surface area contributed by atoms with Crippen molar-refractivity contribution in [2.75, 3.05) is 6.61 Å². The summed E-state index contributed by atoms with van der Waals surface area (Å²) in [6, 6.07) is 0. The van der Waals surface area contributed by atoms with Crippen LogP contribution >= 0.6 is 0 Å². The number of aliphatic hydroxyl groups excluding tert-OH is 2. The third-order valence-corrected chi connectivity index (χ3v) is 11.0. The first-order chi connectivity index (χ1) is 9.90. The van der Waals surface area contributed by atoms with E-state index < -0.39 is 20.0 Å². The van der Waals surface area contributed by atoms with Crippen LogP contribution < -0.4 is 0 Å². The monoisotopic (exact) mass is 330 g/mol. The Hall–Kier alpha value is 0.0569. The van der Waals surface area contributed by atoms with Crippen LogP contribution in [0.1, 0.15) is 47.0 Å². The van der Waals surface area contributed by atoms with E-state index >= 15 is 0 Å². The van der Waals surface area contributed by atoms with E-state index in [0.717, 1.165) is 6.42 Å². The van der Waals surface area contributed by atoms with Crippen molar-refractivity contribution in [2.24, 2.45) is 17.8 Å². The van der Waals surface area contributed by atoms with Crippen LogP contribution in [0.25, 0.3) is 0 Å². The standard InChI is InChI=1S/C17H34O4Si/c1-16(2,3)22(5,6)21-13-9-17(4,20)15-12(19)8-7-11(10-18)14(13)15/h11-15,18-20H,7-10H2,1-6H3/t11-,12+,13-,14-,15-,17+/m1/s1. The largest absolute Gasteiger partial charge is 0.414 e. The van der Waals surface area contributed by atoms with E-state index in [9.17, 15) is 15.3 Å². The van der Waals surface area contributed by atoms with Gasteiger partial charge in [0.05, 0.1) is 17.8 Å². The van der Waals surface area contributed by atoms with Gasteiger partial charge in [0.1, 0.15) is 0 Å². The molecule has 0 aromatic heterocycles. The Kier molecular flexibility index (Phi) is 4.89. The lowest BCUT2D eigenvalue weighted by Crippen LogP contribution is -2.49. The van der Waals surface area contributed by atoms with Gasteiger partial charge in [0.25, 0.3) is 0 Å². The molecule has 0 aliphatic heterocycles. The van der Waals surface area contributed by atoms with Crippen molar-refractivity contribution >= 4 is 8.32 Å². The summed E-state index contributed by atoms with van der Waals surface area (Å²) in [5.41, 5.74) is -0.912. The molecule has 0 bridgehead atoms. The van der Waals surface area contributed by atoms with Gasteiger partial charge in [-0.15, -0.1) is 0 Å². The van der Waals surface area contributed by atoms with E-state index in [-0.39, 0.29) is 35.5 Å². The highest BCUT2D eigenvalue weighted by molar-refractivity contribution is 6.74. The van der Waals surface area contributed by atoms with Gasteiger partial charge in [-0.05, 0) is 49.7 Å². The maximum absolute atomic E-state index is 10.8. The van der Waals surface area contributed by atoms with Crippen molar-refractivity contribution in [3.8, 4) is 0 Å². The van der Waals surface area contributed by atoms with Gasteiger partial charge in [0.15, 0.2) is 8.32 Å². The molecule has 130 valence electrons. The molecule has 2 rings (SSSR count). The van der Waals surface area contributed by atoms with Crippen LogP contribution in [0.2, 0.25) is 18.1 Å². The lowest BCUT2D eigenvalue weighted by molar-refractivity contribution is -0.0917. The highest BCUT2D eigenvalue weighted by atomic mass is 28.4. The van der Waals surface area contributed by atoms with Crippen molar-refractivity contribution in [1.29, 1.82) is 0 Å². The molecule has 3 N–H and O–H groups in total. The topological polar surface area (TPSA) is 69.9 Å². The number of fused-ring (bicyclic) bond motifs is 1. The molecular formula is C17H34O4Si. The molecule has 4 nitrogen and oxygen atoms in total. The first-order valence-electron chi connectivity index (χ1n) is 8.60. The quantitative estimate of drug-likeness (QED) is 0.696. The number of aliphatic hydroxyl groups is 3. The molecule has 2 aliphatic rings. The molecule has 0 radical (unpaired) electrons. The fourth-order valence-electron chi connectivity index (χ4n) is 4.24. The third-order valence-electron chi connectivity index (χ3n) is 6.46. The van der Waals surface area contributed by atoms with Crippen LogP contribution in [0.3, 0.4) is 0 Å². The van der Waals surface area contributed by atoms with Gasteiger partial charge < -0.3 is 19.7 Å². The van der Waals surface area contributed by atoms with Gasteiger partial charge in [-0.3, -0.25) is 0 Å². The van der Waals surface area contributed by atoms with Gasteiger partial charge in [-0.1, -0.05) is 20.8 Å². The zero-order valence-electron chi connectivity index (χ0n) is 15.0. The smallest absolute Gasteiger partial charge is 0.192 e. The first kappa shape index (κ1) is 18.4. The molecule has 0 spiro atoms. The van der Waals surface area contributed by atoms with Crippen molar-refractivity contribution in [3.63, 3.8) is 0 Å². The minimum absolute atomic E-state index is 0.0536. The summed E-state index contributed by atoms with van der Waals surface area (Å²) in [5, 5.41) is 31.1. The van der Waals surface area contributed by atoms with Crippen LogP contribution in [0.5, 0.6) is 0 Å². The molecular weight excluding hydrogens is 296 g/mol. The van der Waals surface area contributed by atoms with Gasteiger partial charge in [-0.2, -0.15) is 0 Å². The lowest BCUT2D eigenvalue weighted by Gasteiger charge is -2.44. The molecule has 0 aromatic rings. The fourth-order valence-corrected chi connectivity index (χ4v) is 5.59. The third kappa shape index (κ3) is 3.15. The van der Waals surface area contributed by atoms with Crippen LogP contribution in [-0.4, -0.2) is 48.1 Å². The zero-order valence-corrected chi connectivity index (χ0v) is 16.0. The Bertz CT molecular complexity index is 402. The number of hydrogen-bond donors (Lipinski definition) is 3.